The molecule has 0 bridgehead atoms. The van der Waals surface area contributed by atoms with Crippen molar-refractivity contribution in [3.63, 3.8) is 0 Å². The van der Waals surface area contributed by atoms with Crippen LogP contribution in [0.1, 0.15) is 38.6 Å². The van der Waals surface area contributed by atoms with Crippen LogP contribution < -0.4 is 10.2 Å². The molecule has 0 spiro atoms. The monoisotopic (exact) mass is 407 g/mol. The first-order valence-electron chi connectivity index (χ1n) is 9.13. The largest absolute Gasteiger partial charge is 0.440 e. The summed E-state index contributed by atoms with van der Waals surface area (Å²) >= 11 is 1.44. The minimum Gasteiger partial charge on any atom is -0.440 e. The number of ether oxygens (including phenoxy) is 1. The second-order valence-corrected chi connectivity index (χ2v) is 8.08. The van der Waals surface area contributed by atoms with Crippen LogP contribution >= 0.6 is 11.8 Å². The van der Waals surface area contributed by atoms with Crippen LogP contribution in [-0.2, 0) is 4.74 Å². The molecule has 1 aliphatic heterocycles. The topological polar surface area (TPSA) is 72.3 Å². The maximum Gasteiger partial charge on any atom is 0.422 e. The maximum absolute atomic E-state index is 12.0. The molecule has 152 valence electrons. The molecule has 1 aromatic heterocycles. The summed E-state index contributed by atoms with van der Waals surface area (Å²) in [4.78, 5) is 13.5. The highest BCUT2D eigenvalue weighted by atomic mass is 32.2. The minimum atomic E-state index is -4.52. The van der Waals surface area contributed by atoms with Gasteiger partial charge < -0.3 is 15.0 Å². The summed E-state index contributed by atoms with van der Waals surface area (Å²) in [6.07, 6.45) is -1.10. The van der Waals surface area contributed by atoms with Gasteiger partial charge in [-0.3, -0.25) is 4.57 Å². The molecule has 1 saturated carbocycles. The van der Waals surface area contributed by atoms with Crippen LogP contribution in [0.2, 0.25) is 0 Å². The molecule has 0 atom stereocenters. The maximum atomic E-state index is 12.0. The van der Waals surface area contributed by atoms with Crippen LogP contribution in [0.5, 0.6) is 0 Å². The third-order valence-corrected chi connectivity index (χ3v) is 5.54. The van der Waals surface area contributed by atoms with Gasteiger partial charge in [-0.25, -0.2) is 4.79 Å². The Morgan fingerprint density at radius 3 is 2.59 bits per heavy atom. The molecule has 27 heavy (non-hydrogen) atoms. The van der Waals surface area contributed by atoms with E-state index in [4.69, 9.17) is 0 Å². The Morgan fingerprint density at radius 1 is 1.26 bits per heavy atom. The molecule has 11 heteroatoms. The summed E-state index contributed by atoms with van der Waals surface area (Å²) in [5.41, 5.74) is 0. The van der Waals surface area contributed by atoms with Gasteiger partial charge >= 0.3 is 12.3 Å². The molecular weight excluding hydrogens is 383 g/mol. The Hall–Kier alpha value is -1.65. The highest BCUT2D eigenvalue weighted by Crippen LogP contribution is 2.41. The first-order chi connectivity index (χ1) is 12.8. The molecule has 1 N–H and O–H groups in total. The number of aromatic nitrogens is 3. The first-order valence-corrected chi connectivity index (χ1v) is 10.1. The highest BCUT2D eigenvalue weighted by Gasteiger charge is 2.32. The van der Waals surface area contributed by atoms with Crippen LogP contribution in [0.15, 0.2) is 5.16 Å². The van der Waals surface area contributed by atoms with Crippen molar-refractivity contribution in [1.29, 1.82) is 0 Å². The lowest BCUT2D eigenvalue weighted by molar-refractivity contribution is -0.160. The summed E-state index contributed by atoms with van der Waals surface area (Å²) < 4.78 is 42.3. The molecule has 1 aliphatic carbocycles. The Labute approximate surface area is 160 Å². The number of carbonyl (C=O) groups is 1. The van der Waals surface area contributed by atoms with Crippen LogP contribution in [-0.4, -0.2) is 59.0 Å². The Balaban J connectivity index is 1.48. The van der Waals surface area contributed by atoms with Gasteiger partial charge in [0.1, 0.15) is 0 Å². The summed E-state index contributed by atoms with van der Waals surface area (Å²) in [6, 6.07) is 0.418. The quantitative estimate of drug-likeness (QED) is 0.553. The summed E-state index contributed by atoms with van der Waals surface area (Å²) in [6.45, 7) is 2.82. The van der Waals surface area contributed by atoms with Gasteiger partial charge in [0.15, 0.2) is 11.8 Å². The normalized spacial score (nSPS) is 18.6. The van der Waals surface area contributed by atoms with E-state index in [2.05, 4.69) is 36.6 Å². The van der Waals surface area contributed by atoms with Gasteiger partial charge in [-0.05, 0) is 31.6 Å². The van der Waals surface area contributed by atoms with E-state index in [1.807, 2.05) is 0 Å². The number of alkyl halides is 3. The molecule has 1 saturated heterocycles. The number of hydrogen-bond acceptors (Lipinski definition) is 6. The summed E-state index contributed by atoms with van der Waals surface area (Å²) in [7, 11) is 0. The summed E-state index contributed by atoms with van der Waals surface area (Å²) in [5.74, 6) is 2.11. The number of thioether (sulfide) groups is 1. The second-order valence-electron chi connectivity index (χ2n) is 7.02. The smallest absolute Gasteiger partial charge is 0.422 e. The molecule has 0 unspecified atom stereocenters. The Morgan fingerprint density at radius 2 is 1.96 bits per heavy atom. The number of nitrogens with one attached hydrogen (secondary N) is 1. The number of nitrogens with zero attached hydrogens (tertiary/aromatic N) is 4. The average Bonchev–Trinajstić information content (AvgIpc) is 3.37. The van der Waals surface area contributed by atoms with E-state index >= 15 is 0 Å². The molecule has 0 aromatic carbocycles. The van der Waals surface area contributed by atoms with E-state index < -0.39 is 18.9 Å². The van der Waals surface area contributed by atoms with Crippen molar-refractivity contribution >= 4 is 23.8 Å². The zero-order valence-electron chi connectivity index (χ0n) is 15.2. The molecule has 2 fully saturated rings. The lowest BCUT2D eigenvalue weighted by atomic mass is 10.00. The van der Waals surface area contributed by atoms with Gasteiger partial charge in [-0.2, -0.15) is 13.2 Å². The van der Waals surface area contributed by atoms with Gasteiger partial charge in [0.05, 0.1) is 0 Å². The van der Waals surface area contributed by atoms with Crippen LogP contribution in [0.4, 0.5) is 23.9 Å². The number of hydrogen-bond donors (Lipinski definition) is 1. The van der Waals surface area contributed by atoms with E-state index in [0.717, 1.165) is 55.8 Å². The van der Waals surface area contributed by atoms with Gasteiger partial charge in [-0.15, -0.1) is 10.2 Å². The van der Waals surface area contributed by atoms with Crippen LogP contribution in [0, 0.1) is 5.92 Å². The van der Waals surface area contributed by atoms with Crippen LogP contribution in [0.25, 0.3) is 0 Å². The summed E-state index contributed by atoms with van der Waals surface area (Å²) in [5, 5.41) is 11.8. The third kappa shape index (κ3) is 5.91. The molecule has 2 aliphatic rings. The van der Waals surface area contributed by atoms with E-state index in [-0.39, 0.29) is 6.54 Å². The second kappa shape index (κ2) is 8.57. The molecule has 7 nitrogen and oxygen atoms in total. The Kier molecular flexibility index (Phi) is 6.38. The number of halogens is 3. The zero-order chi connectivity index (χ0) is 19.4. The molecular formula is C16H24F3N5O2S. The predicted octanol–water partition coefficient (Wildman–Crippen LogP) is 3.23. The van der Waals surface area contributed by atoms with Crippen molar-refractivity contribution in [1.82, 2.24) is 20.1 Å². The molecule has 1 amide bonds. The number of alkyl carbamates (subject to hydrolysis) is 1. The number of carbonyl (C=O) groups excluding carboxylic acids is 1. The number of amides is 1. The fraction of sp³-hybridized carbons (Fsp3) is 0.812. The van der Waals surface area contributed by atoms with Crippen molar-refractivity contribution < 1.29 is 22.7 Å². The molecule has 1 aromatic rings. The van der Waals surface area contributed by atoms with Gasteiger partial charge in [0, 0.05) is 31.4 Å². The SMILES string of the molecule is CC1CCN(c2nnc(SCCNC(=O)OCC(F)(F)F)n2C2CC2)CC1. The van der Waals surface area contributed by atoms with E-state index in [1.165, 1.54) is 11.8 Å². The van der Waals surface area contributed by atoms with E-state index in [1.54, 1.807) is 0 Å². The molecule has 3 rings (SSSR count). The molecule has 0 radical (unpaired) electrons. The van der Waals surface area contributed by atoms with Crippen molar-refractivity contribution in [3.8, 4) is 0 Å². The van der Waals surface area contributed by atoms with Gasteiger partial charge in [-0.1, -0.05) is 18.7 Å². The first kappa shape index (κ1) is 20.1. The van der Waals surface area contributed by atoms with E-state index in [0.29, 0.717) is 11.8 Å². The number of piperidine rings is 1. The van der Waals surface area contributed by atoms with Crippen molar-refractivity contribution in [2.45, 2.75) is 50.0 Å². The Bertz CT molecular complexity index is 642. The third-order valence-electron chi connectivity index (χ3n) is 4.59. The standard InChI is InChI=1S/C16H24F3N5O2S/c1-11-4-7-23(8-5-11)13-21-22-14(24(13)12-2-3-12)27-9-6-20-15(25)26-10-16(17,18)19/h11-12H,2-10H2,1H3,(H,20,25). The number of rotatable bonds is 7. The van der Waals surface area contributed by atoms with Crippen LogP contribution in [0.3, 0.4) is 0 Å². The lowest BCUT2D eigenvalue weighted by Gasteiger charge is -2.31. The van der Waals surface area contributed by atoms with Crippen molar-refractivity contribution in [2.24, 2.45) is 5.92 Å². The van der Waals surface area contributed by atoms with Crippen molar-refractivity contribution in [3.05, 3.63) is 0 Å². The predicted molar refractivity (Wildman–Crippen MR) is 95.0 cm³/mol. The van der Waals surface area contributed by atoms with Gasteiger partial charge in [0.25, 0.3) is 0 Å². The van der Waals surface area contributed by atoms with Gasteiger partial charge in [0.2, 0.25) is 5.95 Å². The number of anilines is 1. The van der Waals surface area contributed by atoms with E-state index in [9.17, 15) is 18.0 Å². The fourth-order valence-corrected chi connectivity index (χ4v) is 3.79. The minimum absolute atomic E-state index is 0.190. The zero-order valence-corrected chi connectivity index (χ0v) is 16.0. The average molecular weight is 407 g/mol. The highest BCUT2D eigenvalue weighted by molar-refractivity contribution is 7.99. The van der Waals surface area contributed by atoms with Crippen molar-refractivity contribution in [2.75, 3.05) is 36.9 Å². The lowest BCUT2D eigenvalue weighted by Crippen LogP contribution is -2.34. The molecule has 2 heterocycles. The fourth-order valence-electron chi connectivity index (χ4n) is 2.94.